The smallest absolute Gasteiger partial charge is 0.408 e. The van der Waals surface area contributed by atoms with Crippen LogP contribution in [0.25, 0.3) is 0 Å². The highest BCUT2D eigenvalue weighted by molar-refractivity contribution is 5.91. The van der Waals surface area contributed by atoms with Crippen LogP contribution in [0.2, 0.25) is 0 Å². The Kier molecular flexibility index (Phi) is 3.24. The molecule has 1 amide bonds. The summed E-state index contributed by atoms with van der Waals surface area (Å²) in [4.78, 5) is 24.0. The van der Waals surface area contributed by atoms with Crippen LogP contribution in [0.5, 0.6) is 0 Å². The van der Waals surface area contributed by atoms with Crippen molar-refractivity contribution < 1.29 is 19.1 Å². The maximum atomic E-state index is 12.0. The Bertz CT molecular complexity index is 396. The number of alkyl carbamates (subject to hydrolysis) is 1. The van der Waals surface area contributed by atoms with Gasteiger partial charge in [-0.25, -0.2) is 9.59 Å². The van der Waals surface area contributed by atoms with E-state index in [0.717, 1.165) is 19.5 Å². The second-order valence-electron chi connectivity index (χ2n) is 6.41. The summed E-state index contributed by atoms with van der Waals surface area (Å²) in [6, 6.07) is 0. The topological polar surface area (TPSA) is 76.7 Å². The summed E-state index contributed by atoms with van der Waals surface area (Å²) < 4.78 is 10.1. The van der Waals surface area contributed by atoms with E-state index >= 15 is 0 Å². The lowest BCUT2D eigenvalue weighted by Crippen LogP contribution is -2.50. The molecule has 108 valence electrons. The van der Waals surface area contributed by atoms with Gasteiger partial charge in [-0.15, -0.1) is 0 Å². The normalized spacial score (nSPS) is 33.1. The molecule has 2 rings (SSSR count). The van der Waals surface area contributed by atoms with E-state index in [1.165, 1.54) is 7.11 Å². The van der Waals surface area contributed by atoms with E-state index in [9.17, 15) is 9.59 Å². The van der Waals surface area contributed by atoms with E-state index in [-0.39, 0.29) is 11.4 Å². The summed E-state index contributed by atoms with van der Waals surface area (Å²) in [5.41, 5.74) is -1.72. The first-order valence-corrected chi connectivity index (χ1v) is 6.55. The van der Waals surface area contributed by atoms with Gasteiger partial charge in [0.05, 0.1) is 7.11 Å². The van der Waals surface area contributed by atoms with Gasteiger partial charge in [0.25, 0.3) is 0 Å². The summed E-state index contributed by atoms with van der Waals surface area (Å²) in [5, 5.41) is 5.96. The zero-order valence-corrected chi connectivity index (χ0v) is 12.0. The Morgan fingerprint density at radius 3 is 2.47 bits per heavy atom. The SMILES string of the molecule is COC(=O)C1(NC(=O)OC(C)(C)C)CC12CCNC2. The Hall–Kier alpha value is -1.30. The number of nitrogens with one attached hydrogen (secondary N) is 2. The van der Waals surface area contributed by atoms with Crippen molar-refractivity contribution in [1.29, 1.82) is 0 Å². The fourth-order valence-electron chi connectivity index (χ4n) is 2.89. The highest BCUT2D eigenvalue weighted by Gasteiger charge is 2.74. The van der Waals surface area contributed by atoms with Gasteiger partial charge < -0.3 is 20.1 Å². The van der Waals surface area contributed by atoms with Gasteiger partial charge in [-0.2, -0.15) is 0 Å². The van der Waals surface area contributed by atoms with Crippen LogP contribution in [0.1, 0.15) is 33.6 Å². The molecule has 2 aliphatic rings. The number of carbonyl (C=O) groups excluding carboxylic acids is 2. The van der Waals surface area contributed by atoms with E-state index in [4.69, 9.17) is 9.47 Å². The van der Waals surface area contributed by atoms with Crippen molar-refractivity contribution >= 4 is 12.1 Å². The average molecular weight is 270 g/mol. The fraction of sp³-hybridized carbons (Fsp3) is 0.846. The molecule has 0 aromatic heterocycles. The maximum absolute atomic E-state index is 12.0. The van der Waals surface area contributed by atoms with E-state index in [2.05, 4.69) is 10.6 Å². The van der Waals surface area contributed by atoms with Crippen LogP contribution in [0.15, 0.2) is 0 Å². The van der Waals surface area contributed by atoms with Crippen LogP contribution in [0.4, 0.5) is 4.79 Å². The molecule has 1 aliphatic carbocycles. The highest BCUT2D eigenvalue weighted by Crippen LogP contribution is 2.60. The summed E-state index contributed by atoms with van der Waals surface area (Å²) in [5.74, 6) is -0.387. The van der Waals surface area contributed by atoms with Crippen molar-refractivity contribution in [2.24, 2.45) is 5.41 Å². The first kappa shape index (κ1) is 14.1. The molecule has 1 spiro atoms. The van der Waals surface area contributed by atoms with Crippen molar-refractivity contribution in [2.75, 3.05) is 20.2 Å². The number of methoxy groups -OCH3 is 1. The largest absolute Gasteiger partial charge is 0.467 e. The molecule has 6 nitrogen and oxygen atoms in total. The lowest BCUT2D eigenvalue weighted by atomic mass is 9.98. The minimum atomic E-state index is -0.923. The third-order valence-corrected chi connectivity index (χ3v) is 3.88. The number of rotatable bonds is 2. The van der Waals surface area contributed by atoms with Crippen LogP contribution in [-0.4, -0.2) is 43.4 Å². The van der Waals surface area contributed by atoms with Crippen LogP contribution in [0, 0.1) is 5.41 Å². The van der Waals surface area contributed by atoms with Crippen LogP contribution >= 0.6 is 0 Å². The van der Waals surface area contributed by atoms with E-state index < -0.39 is 17.2 Å². The van der Waals surface area contributed by atoms with Gasteiger partial charge in [0, 0.05) is 12.0 Å². The molecule has 2 N–H and O–H groups in total. The summed E-state index contributed by atoms with van der Waals surface area (Å²) in [7, 11) is 1.34. The van der Waals surface area contributed by atoms with Crippen LogP contribution < -0.4 is 10.6 Å². The molecule has 1 saturated carbocycles. The molecule has 0 aromatic rings. The Morgan fingerprint density at radius 1 is 1.32 bits per heavy atom. The first-order valence-electron chi connectivity index (χ1n) is 6.55. The first-order chi connectivity index (χ1) is 8.75. The minimum absolute atomic E-state index is 0.211. The minimum Gasteiger partial charge on any atom is -0.467 e. The lowest BCUT2D eigenvalue weighted by molar-refractivity contribution is -0.145. The second kappa shape index (κ2) is 4.37. The summed E-state index contributed by atoms with van der Waals surface area (Å²) in [6.07, 6.45) is 0.901. The number of esters is 1. The molecule has 1 heterocycles. The molecule has 0 aromatic carbocycles. The van der Waals surface area contributed by atoms with Crippen molar-refractivity contribution in [2.45, 2.75) is 44.8 Å². The highest BCUT2D eigenvalue weighted by atomic mass is 16.6. The average Bonchev–Trinajstić information content (AvgIpc) is 2.67. The summed E-state index contributed by atoms with van der Waals surface area (Å²) in [6.45, 7) is 6.94. The third kappa shape index (κ3) is 2.41. The number of hydrogen-bond acceptors (Lipinski definition) is 5. The molecule has 1 saturated heterocycles. The van der Waals surface area contributed by atoms with Crippen molar-refractivity contribution in [3.05, 3.63) is 0 Å². The standard InChI is InChI=1S/C13H22N2O4/c1-11(2,3)19-10(17)15-13(9(16)18-4)7-12(13)5-6-14-8-12/h14H,5-8H2,1-4H3,(H,15,17). The molecule has 19 heavy (non-hydrogen) atoms. The van der Waals surface area contributed by atoms with E-state index in [1.54, 1.807) is 20.8 Å². The zero-order valence-electron chi connectivity index (χ0n) is 12.0. The third-order valence-electron chi connectivity index (χ3n) is 3.88. The molecular weight excluding hydrogens is 248 g/mol. The number of ether oxygens (including phenoxy) is 2. The summed E-state index contributed by atoms with van der Waals surface area (Å²) >= 11 is 0. The number of hydrogen-bond donors (Lipinski definition) is 2. The maximum Gasteiger partial charge on any atom is 0.408 e. The number of carbonyl (C=O) groups is 2. The molecule has 2 unspecified atom stereocenters. The predicted octanol–water partition coefficient (Wildman–Crippen LogP) is 0.806. The lowest BCUT2D eigenvalue weighted by Gasteiger charge is -2.25. The van der Waals surface area contributed by atoms with Gasteiger partial charge in [-0.05, 0) is 40.2 Å². The quantitative estimate of drug-likeness (QED) is 0.726. The number of amides is 1. The van der Waals surface area contributed by atoms with Crippen molar-refractivity contribution in [3.63, 3.8) is 0 Å². The second-order valence-corrected chi connectivity index (χ2v) is 6.41. The van der Waals surface area contributed by atoms with Gasteiger partial charge >= 0.3 is 12.1 Å². The van der Waals surface area contributed by atoms with Crippen LogP contribution in [0.3, 0.4) is 0 Å². The van der Waals surface area contributed by atoms with Crippen LogP contribution in [-0.2, 0) is 14.3 Å². The molecular formula is C13H22N2O4. The van der Waals surface area contributed by atoms with Gasteiger partial charge in [0.1, 0.15) is 11.1 Å². The van der Waals surface area contributed by atoms with Gasteiger partial charge in [-0.3, -0.25) is 0 Å². The monoisotopic (exact) mass is 270 g/mol. The Morgan fingerprint density at radius 2 is 2.00 bits per heavy atom. The zero-order chi connectivity index (χ0) is 14.3. The molecule has 6 heteroatoms. The van der Waals surface area contributed by atoms with Gasteiger partial charge in [-0.1, -0.05) is 0 Å². The molecule has 0 radical (unpaired) electrons. The van der Waals surface area contributed by atoms with E-state index in [1.807, 2.05) is 0 Å². The van der Waals surface area contributed by atoms with Crippen molar-refractivity contribution in [1.82, 2.24) is 10.6 Å². The Balaban J connectivity index is 2.09. The fourth-order valence-corrected chi connectivity index (χ4v) is 2.89. The molecule has 2 fully saturated rings. The van der Waals surface area contributed by atoms with Gasteiger partial charge in [0.2, 0.25) is 0 Å². The molecule has 2 atom stereocenters. The molecule has 1 aliphatic heterocycles. The van der Waals surface area contributed by atoms with Gasteiger partial charge in [0.15, 0.2) is 0 Å². The predicted molar refractivity (Wildman–Crippen MR) is 68.7 cm³/mol. The molecule has 0 bridgehead atoms. The van der Waals surface area contributed by atoms with E-state index in [0.29, 0.717) is 6.42 Å². The Labute approximate surface area is 113 Å². The van der Waals surface area contributed by atoms with Crippen molar-refractivity contribution in [3.8, 4) is 0 Å².